The molecule has 0 unspecified atom stereocenters. The van der Waals surface area contributed by atoms with Gasteiger partial charge in [-0.1, -0.05) is 36.4 Å². The molecule has 0 fully saturated rings. The first kappa shape index (κ1) is 16.8. The van der Waals surface area contributed by atoms with E-state index in [4.69, 9.17) is 9.72 Å². The van der Waals surface area contributed by atoms with Crippen molar-refractivity contribution < 1.29 is 9.53 Å². The number of carbonyl (C=O) groups is 1. The predicted molar refractivity (Wildman–Crippen MR) is 108 cm³/mol. The van der Waals surface area contributed by atoms with Crippen LogP contribution in [-0.4, -0.2) is 18.0 Å². The smallest absolute Gasteiger partial charge is 0.256 e. The first-order chi connectivity index (χ1) is 13.2. The molecule has 1 aromatic heterocycles. The molecule has 0 aliphatic carbocycles. The molecule has 1 heterocycles. The number of carbonyl (C=O) groups excluding carboxylic acids is 1. The van der Waals surface area contributed by atoms with Crippen molar-refractivity contribution >= 4 is 22.5 Å². The topological polar surface area (TPSA) is 51.2 Å². The lowest BCUT2D eigenvalue weighted by Gasteiger charge is -2.11. The maximum absolute atomic E-state index is 13.0. The number of fused-ring (bicyclic) bond motifs is 1. The van der Waals surface area contributed by atoms with Gasteiger partial charge in [0.25, 0.3) is 5.91 Å². The second-order valence-electron chi connectivity index (χ2n) is 6.12. The Morgan fingerprint density at radius 1 is 0.889 bits per heavy atom. The number of amides is 1. The van der Waals surface area contributed by atoms with Gasteiger partial charge in [0.15, 0.2) is 0 Å². The van der Waals surface area contributed by atoms with Crippen molar-refractivity contribution in [1.29, 1.82) is 0 Å². The van der Waals surface area contributed by atoms with E-state index in [9.17, 15) is 4.79 Å². The number of ether oxygens (including phenoxy) is 1. The van der Waals surface area contributed by atoms with E-state index in [2.05, 4.69) is 5.32 Å². The SMILES string of the molecule is COc1ccc(-c2cc(C(=O)Nc3ccccc3)c3ccccc3n2)cc1. The number of nitrogens with zero attached hydrogens (tertiary/aromatic N) is 1. The molecular weight excluding hydrogens is 336 g/mol. The Bertz CT molecular complexity index is 1090. The summed E-state index contributed by atoms with van der Waals surface area (Å²) in [6, 6.07) is 26.6. The molecule has 0 aliphatic rings. The van der Waals surface area contributed by atoms with Crippen molar-refractivity contribution in [2.45, 2.75) is 0 Å². The minimum absolute atomic E-state index is 0.158. The number of hydrogen-bond donors (Lipinski definition) is 1. The summed E-state index contributed by atoms with van der Waals surface area (Å²) in [5, 5.41) is 3.78. The molecule has 1 N–H and O–H groups in total. The molecule has 4 aromatic rings. The number of methoxy groups -OCH3 is 1. The van der Waals surface area contributed by atoms with Gasteiger partial charge < -0.3 is 10.1 Å². The van der Waals surface area contributed by atoms with Crippen LogP contribution in [0.3, 0.4) is 0 Å². The van der Waals surface area contributed by atoms with Crippen LogP contribution in [0.5, 0.6) is 5.75 Å². The molecule has 0 aliphatic heterocycles. The van der Waals surface area contributed by atoms with Crippen molar-refractivity contribution in [2.75, 3.05) is 12.4 Å². The highest BCUT2D eigenvalue weighted by molar-refractivity contribution is 6.13. The van der Waals surface area contributed by atoms with Gasteiger partial charge in [-0.05, 0) is 48.5 Å². The van der Waals surface area contributed by atoms with Gasteiger partial charge in [-0.2, -0.15) is 0 Å². The molecule has 0 bridgehead atoms. The number of rotatable bonds is 4. The van der Waals surface area contributed by atoms with Gasteiger partial charge in [0.05, 0.1) is 23.9 Å². The van der Waals surface area contributed by atoms with Crippen LogP contribution in [0.2, 0.25) is 0 Å². The van der Waals surface area contributed by atoms with Crippen LogP contribution in [0.25, 0.3) is 22.2 Å². The molecule has 27 heavy (non-hydrogen) atoms. The van der Waals surface area contributed by atoms with E-state index in [0.29, 0.717) is 5.56 Å². The summed E-state index contributed by atoms with van der Waals surface area (Å²) >= 11 is 0. The van der Waals surface area contributed by atoms with E-state index in [1.807, 2.05) is 84.9 Å². The van der Waals surface area contributed by atoms with E-state index < -0.39 is 0 Å². The third-order valence-corrected chi connectivity index (χ3v) is 4.38. The van der Waals surface area contributed by atoms with Crippen LogP contribution in [0.4, 0.5) is 5.69 Å². The Balaban J connectivity index is 1.79. The average Bonchev–Trinajstić information content (AvgIpc) is 2.73. The largest absolute Gasteiger partial charge is 0.497 e. The number of anilines is 1. The van der Waals surface area contributed by atoms with Gasteiger partial charge in [0.1, 0.15) is 5.75 Å². The van der Waals surface area contributed by atoms with Crippen LogP contribution in [-0.2, 0) is 0 Å². The van der Waals surface area contributed by atoms with Crippen molar-refractivity contribution in [3.05, 3.63) is 90.5 Å². The lowest BCUT2D eigenvalue weighted by atomic mass is 10.0. The molecule has 4 heteroatoms. The zero-order valence-electron chi connectivity index (χ0n) is 14.8. The molecular formula is C23H18N2O2. The Hall–Kier alpha value is -3.66. The van der Waals surface area contributed by atoms with E-state index >= 15 is 0 Å². The molecule has 4 nitrogen and oxygen atoms in total. The van der Waals surface area contributed by atoms with Crippen molar-refractivity contribution in [2.24, 2.45) is 0 Å². The summed E-state index contributed by atoms with van der Waals surface area (Å²) < 4.78 is 5.22. The number of hydrogen-bond acceptors (Lipinski definition) is 3. The fraction of sp³-hybridized carbons (Fsp3) is 0.0435. The quantitative estimate of drug-likeness (QED) is 0.550. The summed E-state index contributed by atoms with van der Waals surface area (Å²) in [6.07, 6.45) is 0. The van der Waals surface area contributed by atoms with Gasteiger partial charge in [-0.15, -0.1) is 0 Å². The highest BCUT2D eigenvalue weighted by atomic mass is 16.5. The minimum atomic E-state index is -0.158. The molecule has 4 rings (SSSR count). The Morgan fingerprint density at radius 3 is 2.33 bits per heavy atom. The molecule has 3 aromatic carbocycles. The first-order valence-electron chi connectivity index (χ1n) is 8.65. The van der Waals surface area contributed by atoms with Gasteiger partial charge in [0, 0.05) is 16.6 Å². The Morgan fingerprint density at radius 2 is 1.59 bits per heavy atom. The lowest BCUT2D eigenvalue weighted by Crippen LogP contribution is -2.13. The normalized spacial score (nSPS) is 10.6. The zero-order chi connectivity index (χ0) is 18.6. The van der Waals surface area contributed by atoms with Crippen LogP contribution >= 0.6 is 0 Å². The molecule has 0 atom stereocenters. The Kier molecular flexibility index (Phi) is 4.54. The van der Waals surface area contributed by atoms with Crippen LogP contribution in [0.1, 0.15) is 10.4 Å². The van der Waals surface area contributed by atoms with Gasteiger partial charge in [-0.3, -0.25) is 4.79 Å². The zero-order valence-corrected chi connectivity index (χ0v) is 14.8. The van der Waals surface area contributed by atoms with Crippen LogP contribution in [0.15, 0.2) is 84.9 Å². The summed E-state index contributed by atoms with van der Waals surface area (Å²) in [4.78, 5) is 17.7. The van der Waals surface area contributed by atoms with Crippen LogP contribution < -0.4 is 10.1 Å². The maximum atomic E-state index is 13.0. The second-order valence-corrected chi connectivity index (χ2v) is 6.12. The van der Waals surface area contributed by atoms with Gasteiger partial charge in [0.2, 0.25) is 0 Å². The molecule has 0 spiro atoms. The van der Waals surface area contributed by atoms with E-state index in [0.717, 1.165) is 33.6 Å². The number of para-hydroxylation sites is 2. The molecule has 0 radical (unpaired) electrons. The molecule has 0 saturated heterocycles. The predicted octanol–water partition coefficient (Wildman–Crippen LogP) is 5.16. The van der Waals surface area contributed by atoms with Crippen molar-refractivity contribution in [3.63, 3.8) is 0 Å². The Labute approximate surface area is 157 Å². The highest BCUT2D eigenvalue weighted by Gasteiger charge is 2.14. The maximum Gasteiger partial charge on any atom is 0.256 e. The molecule has 1 amide bonds. The van der Waals surface area contributed by atoms with E-state index in [-0.39, 0.29) is 5.91 Å². The molecule has 0 saturated carbocycles. The van der Waals surface area contributed by atoms with E-state index in [1.165, 1.54) is 0 Å². The fourth-order valence-electron chi connectivity index (χ4n) is 2.99. The minimum Gasteiger partial charge on any atom is -0.497 e. The van der Waals surface area contributed by atoms with Crippen molar-refractivity contribution in [3.8, 4) is 17.0 Å². The second kappa shape index (κ2) is 7.30. The lowest BCUT2D eigenvalue weighted by molar-refractivity contribution is 0.102. The van der Waals surface area contributed by atoms with Gasteiger partial charge >= 0.3 is 0 Å². The summed E-state index contributed by atoms with van der Waals surface area (Å²) in [5.74, 6) is 0.621. The number of nitrogens with one attached hydrogen (secondary N) is 1. The monoisotopic (exact) mass is 354 g/mol. The van der Waals surface area contributed by atoms with Crippen LogP contribution in [0, 0.1) is 0 Å². The highest BCUT2D eigenvalue weighted by Crippen LogP contribution is 2.27. The fourth-order valence-corrected chi connectivity index (χ4v) is 2.99. The molecule has 132 valence electrons. The standard InChI is InChI=1S/C23H18N2O2/c1-27-18-13-11-16(12-14-18)22-15-20(19-9-5-6-10-21(19)25-22)23(26)24-17-7-3-2-4-8-17/h2-15H,1H3,(H,24,26). The van der Waals surface area contributed by atoms with Gasteiger partial charge in [-0.25, -0.2) is 4.98 Å². The summed E-state index contributed by atoms with van der Waals surface area (Å²) in [6.45, 7) is 0. The third-order valence-electron chi connectivity index (χ3n) is 4.38. The van der Waals surface area contributed by atoms with Crippen molar-refractivity contribution in [1.82, 2.24) is 4.98 Å². The number of benzene rings is 3. The summed E-state index contributed by atoms with van der Waals surface area (Å²) in [5.41, 5.74) is 3.80. The van der Waals surface area contributed by atoms with E-state index in [1.54, 1.807) is 7.11 Å². The number of pyridine rings is 1. The summed E-state index contributed by atoms with van der Waals surface area (Å²) in [7, 11) is 1.63. The third kappa shape index (κ3) is 3.51. The number of aromatic nitrogens is 1. The first-order valence-corrected chi connectivity index (χ1v) is 8.65. The average molecular weight is 354 g/mol.